The van der Waals surface area contributed by atoms with Gasteiger partial charge in [-0.3, -0.25) is 9.59 Å². The summed E-state index contributed by atoms with van der Waals surface area (Å²) in [6, 6.07) is 19.0. The van der Waals surface area contributed by atoms with Gasteiger partial charge in [-0.25, -0.2) is 4.39 Å². The molecule has 1 aliphatic rings. The molecular formula is C23H18ClFN2O2S. The molecule has 1 heterocycles. The Morgan fingerprint density at radius 2 is 1.83 bits per heavy atom. The number of amides is 2. The second-order valence-corrected chi connectivity index (χ2v) is 8.22. The second kappa shape index (κ2) is 8.90. The van der Waals surface area contributed by atoms with E-state index in [1.54, 1.807) is 17.0 Å². The zero-order valence-corrected chi connectivity index (χ0v) is 17.5. The van der Waals surface area contributed by atoms with Crippen molar-refractivity contribution < 1.29 is 14.0 Å². The molecular weight excluding hydrogens is 423 g/mol. The van der Waals surface area contributed by atoms with Gasteiger partial charge >= 0.3 is 0 Å². The molecule has 0 aromatic heterocycles. The van der Waals surface area contributed by atoms with E-state index in [9.17, 15) is 14.0 Å². The third-order valence-electron chi connectivity index (χ3n) is 4.85. The molecule has 1 N–H and O–H groups in total. The molecule has 0 saturated heterocycles. The minimum Gasteiger partial charge on any atom is -0.322 e. The molecule has 7 heteroatoms. The number of hydrogen-bond donors (Lipinski definition) is 1. The molecule has 0 saturated carbocycles. The summed E-state index contributed by atoms with van der Waals surface area (Å²) in [6.45, 7) is 0.673. The molecule has 0 radical (unpaired) electrons. The van der Waals surface area contributed by atoms with Crippen molar-refractivity contribution in [3.63, 3.8) is 0 Å². The van der Waals surface area contributed by atoms with Crippen molar-refractivity contribution in [1.82, 2.24) is 0 Å². The SMILES string of the molecule is O=C(Nc1ccc(F)c(Cl)c1)c1ccccc1SCC(=O)N1CCc2ccccc21. The lowest BCUT2D eigenvalue weighted by atomic mass is 10.2. The maximum absolute atomic E-state index is 13.3. The number of carbonyl (C=O) groups excluding carboxylic acids is 2. The Bertz CT molecular complexity index is 1120. The molecule has 4 rings (SSSR count). The number of benzene rings is 3. The van der Waals surface area contributed by atoms with Crippen LogP contribution in [0.5, 0.6) is 0 Å². The van der Waals surface area contributed by atoms with Crippen LogP contribution in [-0.4, -0.2) is 24.1 Å². The van der Waals surface area contributed by atoms with E-state index in [-0.39, 0.29) is 22.6 Å². The lowest BCUT2D eigenvalue weighted by Gasteiger charge is -2.17. The van der Waals surface area contributed by atoms with Gasteiger partial charge in [-0.05, 0) is 48.4 Å². The van der Waals surface area contributed by atoms with Crippen LogP contribution in [0, 0.1) is 5.82 Å². The van der Waals surface area contributed by atoms with Gasteiger partial charge in [-0.2, -0.15) is 0 Å². The molecule has 30 heavy (non-hydrogen) atoms. The third-order valence-corrected chi connectivity index (χ3v) is 6.20. The minimum absolute atomic E-state index is 0.00507. The van der Waals surface area contributed by atoms with Crippen LogP contribution in [-0.2, 0) is 11.2 Å². The third kappa shape index (κ3) is 4.35. The summed E-state index contributed by atoms with van der Waals surface area (Å²) in [7, 11) is 0. The summed E-state index contributed by atoms with van der Waals surface area (Å²) in [6.07, 6.45) is 0.853. The number of hydrogen-bond acceptors (Lipinski definition) is 3. The molecule has 3 aromatic carbocycles. The second-order valence-electron chi connectivity index (χ2n) is 6.79. The van der Waals surface area contributed by atoms with Gasteiger partial charge in [0.05, 0.1) is 16.3 Å². The molecule has 4 nitrogen and oxygen atoms in total. The summed E-state index contributed by atoms with van der Waals surface area (Å²) in [5.74, 6) is -0.668. The monoisotopic (exact) mass is 440 g/mol. The Hall–Kier alpha value is -2.83. The molecule has 2 amide bonds. The first-order chi connectivity index (χ1) is 14.5. The molecule has 3 aromatic rings. The minimum atomic E-state index is -0.548. The van der Waals surface area contributed by atoms with Gasteiger partial charge in [0, 0.05) is 22.8 Å². The van der Waals surface area contributed by atoms with E-state index in [4.69, 9.17) is 11.6 Å². The van der Waals surface area contributed by atoms with Crippen molar-refractivity contribution in [3.05, 3.63) is 88.7 Å². The van der Waals surface area contributed by atoms with Crippen molar-refractivity contribution in [2.75, 3.05) is 22.5 Å². The first-order valence-electron chi connectivity index (χ1n) is 9.39. The Morgan fingerprint density at radius 3 is 2.67 bits per heavy atom. The van der Waals surface area contributed by atoms with Gasteiger partial charge in [-0.1, -0.05) is 41.9 Å². The molecule has 0 bridgehead atoms. The van der Waals surface area contributed by atoms with Gasteiger partial charge in [0.2, 0.25) is 5.91 Å². The highest BCUT2D eigenvalue weighted by Crippen LogP contribution is 2.30. The van der Waals surface area contributed by atoms with Gasteiger partial charge < -0.3 is 10.2 Å². The van der Waals surface area contributed by atoms with Crippen LogP contribution in [0.3, 0.4) is 0 Å². The van der Waals surface area contributed by atoms with Crippen molar-refractivity contribution in [2.45, 2.75) is 11.3 Å². The Morgan fingerprint density at radius 1 is 1.07 bits per heavy atom. The maximum Gasteiger partial charge on any atom is 0.256 e. The van der Waals surface area contributed by atoms with Crippen LogP contribution in [0.15, 0.2) is 71.6 Å². The first kappa shape index (κ1) is 20.4. The Labute approximate surface area is 183 Å². The molecule has 152 valence electrons. The predicted octanol–water partition coefficient (Wildman–Crippen LogP) is 5.41. The summed E-state index contributed by atoms with van der Waals surface area (Å²) in [5.41, 5.74) is 2.98. The van der Waals surface area contributed by atoms with Crippen molar-refractivity contribution in [2.24, 2.45) is 0 Å². The van der Waals surface area contributed by atoms with Gasteiger partial charge in [0.1, 0.15) is 5.82 Å². The number of anilines is 2. The maximum atomic E-state index is 13.3. The van der Waals surface area contributed by atoms with Gasteiger partial charge in [0.15, 0.2) is 0 Å². The van der Waals surface area contributed by atoms with Crippen LogP contribution in [0.25, 0.3) is 0 Å². The first-order valence-corrected chi connectivity index (χ1v) is 10.8. The summed E-state index contributed by atoms with van der Waals surface area (Å²) in [5, 5.41) is 2.66. The molecule has 0 atom stereocenters. The average molecular weight is 441 g/mol. The zero-order valence-electron chi connectivity index (χ0n) is 15.9. The number of carbonyl (C=O) groups is 2. The lowest BCUT2D eigenvalue weighted by Crippen LogP contribution is -2.30. The fourth-order valence-electron chi connectivity index (χ4n) is 3.37. The molecule has 0 aliphatic carbocycles. The predicted molar refractivity (Wildman–Crippen MR) is 119 cm³/mol. The number of fused-ring (bicyclic) bond motifs is 1. The quantitative estimate of drug-likeness (QED) is 0.539. The molecule has 1 aliphatic heterocycles. The smallest absolute Gasteiger partial charge is 0.256 e. The van der Waals surface area contributed by atoms with Crippen molar-refractivity contribution in [3.8, 4) is 0 Å². The molecule has 0 fully saturated rings. The number of rotatable bonds is 5. The molecule has 0 unspecified atom stereocenters. The fourth-order valence-corrected chi connectivity index (χ4v) is 4.47. The highest BCUT2D eigenvalue weighted by atomic mass is 35.5. The average Bonchev–Trinajstić information content (AvgIpc) is 3.19. The normalized spacial score (nSPS) is 12.5. The van der Waals surface area contributed by atoms with Crippen LogP contribution in [0.4, 0.5) is 15.8 Å². The highest BCUT2D eigenvalue weighted by Gasteiger charge is 2.24. The topological polar surface area (TPSA) is 49.4 Å². The van der Waals surface area contributed by atoms with Crippen molar-refractivity contribution >= 4 is 46.6 Å². The fraction of sp³-hybridized carbons (Fsp3) is 0.130. The van der Waals surface area contributed by atoms with E-state index in [0.717, 1.165) is 12.1 Å². The molecule has 0 spiro atoms. The van der Waals surface area contributed by atoms with E-state index in [1.165, 1.54) is 35.5 Å². The number of nitrogens with zero attached hydrogens (tertiary/aromatic N) is 1. The van der Waals surface area contributed by atoms with Crippen LogP contribution < -0.4 is 10.2 Å². The highest BCUT2D eigenvalue weighted by molar-refractivity contribution is 8.00. The number of para-hydroxylation sites is 1. The van der Waals surface area contributed by atoms with Crippen LogP contribution >= 0.6 is 23.4 Å². The van der Waals surface area contributed by atoms with E-state index < -0.39 is 5.82 Å². The Kier molecular flexibility index (Phi) is 6.06. The summed E-state index contributed by atoms with van der Waals surface area (Å²) >= 11 is 7.11. The van der Waals surface area contributed by atoms with Gasteiger partial charge in [-0.15, -0.1) is 11.8 Å². The van der Waals surface area contributed by atoms with Crippen LogP contribution in [0.1, 0.15) is 15.9 Å². The van der Waals surface area contributed by atoms with Crippen LogP contribution in [0.2, 0.25) is 5.02 Å². The zero-order chi connectivity index (χ0) is 21.1. The van der Waals surface area contributed by atoms with Crippen molar-refractivity contribution in [1.29, 1.82) is 0 Å². The number of halogens is 2. The lowest BCUT2D eigenvalue weighted by molar-refractivity contribution is -0.116. The summed E-state index contributed by atoms with van der Waals surface area (Å²) < 4.78 is 13.3. The Balaban J connectivity index is 1.45. The van der Waals surface area contributed by atoms with E-state index in [2.05, 4.69) is 5.32 Å². The van der Waals surface area contributed by atoms with E-state index in [0.29, 0.717) is 22.7 Å². The van der Waals surface area contributed by atoms with E-state index in [1.807, 2.05) is 36.4 Å². The largest absolute Gasteiger partial charge is 0.322 e. The van der Waals surface area contributed by atoms with E-state index >= 15 is 0 Å². The number of thioether (sulfide) groups is 1. The summed E-state index contributed by atoms with van der Waals surface area (Å²) in [4.78, 5) is 28.0. The number of nitrogens with one attached hydrogen (secondary N) is 1. The van der Waals surface area contributed by atoms with Gasteiger partial charge in [0.25, 0.3) is 5.91 Å². The standard InChI is InChI=1S/C23H18ClFN2O2S/c24-18-13-16(9-10-19(18)25)26-23(29)17-6-2-4-8-21(17)30-14-22(28)27-12-11-15-5-1-3-7-20(15)27/h1-10,13H,11-12,14H2,(H,26,29).